The van der Waals surface area contributed by atoms with Gasteiger partial charge in [0.2, 0.25) is 5.91 Å². The predicted octanol–water partition coefficient (Wildman–Crippen LogP) is 0.122. The standard InChI is InChI=1S/C18H22FN7O3/c19-11-3-1-4-12(7-11)23-25-17-14(24-26-18(17)20)9-22-15(27)8-16(28)29-10-13-5-2-6-21-13/h1,3-4,7,13,21,23H,2,5-6,8-10H2,(H,22,27)(H2,20,25,26). The number of carbonyl (C=O) groups excluding carboxylic acids is 2. The van der Waals surface area contributed by atoms with Crippen LogP contribution in [0.3, 0.4) is 0 Å². The number of hydrogen-bond acceptors (Lipinski definition) is 9. The number of esters is 1. The Bertz CT molecular complexity index is 863. The quantitative estimate of drug-likeness (QED) is 0.276. The van der Waals surface area contributed by atoms with Crippen molar-refractivity contribution in [3.8, 4) is 0 Å². The Balaban J connectivity index is 1.45. The van der Waals surface area contributed by atoms with Crippen molar-refractivity contribution in [1.29, 1.82) is 0 Å². The van der Waals surface area contributed by atoms with E-state index in [-0.39, 0.29) is 30.7 Å². The highest BCUT2D eigenvalue weighted by Gasteiger charge is 2.22. The van der Waals surface area contributed by atoms with Gasteiger partial charge in [-0.15, -0.1) is 10.2 Å². The van der Waals surface area contributed by atoms with Crippen molar-refractivity contribution >= 4 is 34.8 Å². The monoisotopic (exact) mass is 403 g/mol. The number of nitrogens with one attached hydrogen (secondary N) is 3. The Labute approximate surface area is 166 Å². The summed E-state index contributed by atoms with van der Waals surface area (Å²) in [5.74, 6) is -1.47. The van der Waals surface area contributed by atoms with Gasteiger partial charge in [-0.2, -0.15) is 5.10 Å². The van der Waals surface area contributed by atoms with Gasteiger partial charge in [0.05, 0.1) is 12.2 Å². The van der Waals surface area contributed by atoms with Gasteiger partial charge in [-0.05, 0) is 37.6 Å². The van der Waals surface area contributed by atoms with Gasteiger partial charge in [0.15, 0.2) is 11.5 Å². The number of nitrogens with two attached hydrogens (primary N) is 1. The lowest BCUT2D eigenvalue weighted by Gasteiger charge is -2.11. The molecule has 154 valence electrons. The van der Waals surface area contributed by atoms with Gasteiger partial charge in [0.1, 0.15) is 24.6 Å². The number of carbonyl (C=O) groups is 2. The van der Waals surface area contributed by atoms with Crippen molar-refractivity contribution in [1.82, 2.24) is 10.6 Å². The second kappa shape index (κ2) is 9.73. The van der Waals surface area contributed by atoms with E-state index in [2.05, 4.69) is 31.4 Å². The topological polar surface area (TPSA) is 143 Å². The van der Waals surface area contributed by atoms with E-state index in [1.165, 1.54) is 18.2 Å². The van der Waals surface area contributed by atoms with Crippen LogP contribution < -0.4 is 21.8 Å². The Morgan fingerprint density at radius 2 is 2.24 bits per heavy atom. The number of anilines is 1. The van der Waals surface area contributed by atoms with Crippen molar-refractivity contribution in [3.63, 3.8) is 0 Å². The third-order valence-corrected chi connectivity index (χ3v) is 4.28. The normalized spacial score (nSPS) is 19.6. The molecule has 1 unspecified atom stereocenters. The molecule has 1 amide bonds. The molecule has 0 aliphatic carbocycles. The molecule has 0 saturated carbocycles. The summed E-state index contributed by atoms with van der Waals surface area (Å²) in [6.45, 7) is 1.14. The van der Waals surface area contributed by atoms with Crippen molar-refractivity contribution in [2.24, 2.45) is 21.0 Å². The number of amides is 1. The minimum absolute atomic E-state index is 0.0237. The number of amidine groups is 1. The molecule has 2 aliphatic rings. The van der Waals surface area contributed by atoms with Crippen LogP contribution in [-0.4, -0.2) is 54.9 Å². The summed E-state index contributed by atoms with van der Waals surface area (Å²) in [6.07, 6.45) is 1.60. The molecular formula is C18H22FN7O3. The van der Waals surface area contributed by atoms with Crippen LogP contribution in [0, 0.1) is 5.82 Å². The number of benzene rings is 1. The smallest absolute Gasteiger partial charge is 0.315 e. The van der Waals surface area contributed by atoms with Crippen LogP contribution in [0.1, 0.15) is 19.3 Å². The number of halogens is 1. The van der Waals surface area contributed by atoms with Gasteiger partial charge in [-0.3, -0.25) is 15.0 Å². The van der Waals surface area contributed by atoms with Crippen molar-refractivity contribution in [3.05, 3.63) is 30.1 Å². The first-order chi connectivity index (χ1) is 14.0. The van der Waals surface area contributed by atoms with Gasteiger partial charge < -0.3 is 21.1 Å². The molecule has 3 rings (SSSR count). The van der Waals surface area contributed by atoms with Crippen molar-refractivity contribution in [2.75, 3.05) is 25.1 Å². The fraction of sp³-hybridized carbons (Fsp3) is 0.389. The lowest BCUT2D eigenvalue weighted by Crippen LogP contribution is -2.38. The Morgan fingerprint density at radius 1 is 1.38 bits per heavy atom. The largest absolute Gasteiger partial charge is 0.464 e. The maximum absolute atomic E-state index is 13.2. The molecule has 5 N–H and O–H groups in total. The fourth-order valence-electron chi connectivity index (χ4n) is 2.80. The molecule has 0 spiro atoms. The number of hydrogen-bond donors (Lipinski definition) is 4. The van der Waals surface area contributed by atoms with E-state index in [0.717, 1.165) is 19.4 Å². The molecule has 11 heteroatoms. The third-order valence-electron chi connectivity index (χ3n) is 4.28. The van der Waals surface area contributed by atoms with Crippen molar-refractivity contribution in [2.45, 2.75) is 25.3 Å². The van der Waals surface area contributed by atoms with E-state index in [0.29, 0.717) is 11.4 Å². The molecule has 1 aromatic carbocycles. The lowest BCUT2D eigenvalue weighted by atomic mass is 10.2. The Kier molecular flexibility index (Phi) is 6.85. The molecule has 1 aromatic rings. The molecule has 10 nitrogen and oxygen atoms in total. The van der Waals surface area contributed by atoms with Crippen LogP contribution in [-0.2, 0) is 14.3 Å². The van der Waals surface area contributed by atoms with E-state index in [1.54, 1.807) is 6.07 Å². The zero-order chi connectivity index (χ0) is 20.6. The molecule has 0 bridgehead atoms. The van der Waals surface area contributed by atoms with Crippen LogP contribution in [0.5, 0.6) is 0 Å². The number of hydrazone groups is 1. The molecule has 2 aliphatic heterocycles. The molecule has 0 radical (unpaired) electrons. The maximum atomic E-state index is 13.2. The Morgan fingerprint density at radius 3 is 3.00 bits per heavy atom. The number of nitrogens with zero attached hydrogens (tertiary/aromatic N) is 3. The van der Waals surface area contributed by atoms with Crippen molar-refractivity contribution < 1.29 is 18.7 Å². The predicted molar refractivity (Wildman–Crippen MR) is 106 cm³/mol. The van der Waals surface area contributed by atoms with Gasteiger partial charge in [-0.25, -0.2) is 4.39 Å². The molecule has 1 fully saturated rings. The van der Waals surface area contributed by atoms with E-state index >= 15 is 0 Å². The first-order valence-electron chi connectivity index (χ1n) is 9.17. The summed E-state index contributed by atoms with van der Waals surface area (Å²) in [6, 6.07) is 5.88. The third kappa shape index (κ3) is 6.07. The minimum atomic E-state index is -0.595. The lowest BCUT2D eigenvalue weighted by molar-refractivity contribution is -0.146. The molecule has 2 heterocycles. The summed E-state index contributed by atoms with van der Waals surface area (Å²) in [7, 11) is 0. The van der Waals surface area contributed by atoms with E-state index in [4.69, 9.17) is 10.5 Å². The van der Waals surface area contributed by atoms with E-state index in [1.807, 2.05) is 0 Å². The summed E-state index contributed by atoms with van der Waals surface area (Å²) >= 11 is 0. The molecule has 1 atom stereocenters. The molecule has 0 aromatic heterocycles. The van der Waals surface area contributed by atoms with Gasteiger partial charge >= 0.3 is 5.97 Å². The summed E-state index contributed by atoms with van der Waals surface area (Å²) in [4.78, 5) is 23.7. The molecule has 1 saturated heterocycles. The summed E-state index contributed by atoms with van der Waals surface area (Å²) in [5, 5.41) is 17.4. The highest BCUT2D eigenvalue weighted by Crippen LogP contribution is 2.09. The van der Waals surface area contributed by atoms with Crippen LogP contribution >= 0.6 is 0 Å². The minimum Gasteiger partial charge on any atom is -0.464 e. The highest BCUT2D eigenvalue weighted by atomic mass is 19.1. The first-order valence-corrected chi connectivity index (χ1v) is 9.17. The average molecular weight is 403 g/mol. The van der Waals surface area contributed by atoms with Crippen LogP contribution in [0.4, 0.5) is 10.1 Å². The average Bonchev–Trinajstić information content (AvgIpc) is 3.33. The van der Waals surface area contributed by atoms with Crippen LogP contribution in [0.25, 0.3) is 0 Å². The second-order valence-electron chi connectivity index (χ2n) is 6.54. The van der Waals surface area contributed by atoms with Gasteiger partial charge in [0.25, 0.3) is 0 Å². The second-order valence-corrected chi connectivity index (χ2v) is 6.54. The zero-order valence-corrected chi connectivity index (χ0v) is 15.7. The van der Waals surface area contributed by atoms with Gasteiger partial charge in [-0.1, -0.05) is 6.07 Å². The highest BCUT2D eigenvalue weighted by molar-refractivity contribution is 6.70. The van der Waals surface area contributed by atoms with Gasteiger partial charge in [0, 0.05) is 6.04 Å². The Hall–Kier alpha value is -3.34. The van der Waals surface area contributed by atoms with E-state index < -0.39 is 24.1 Å². The summed E-state index contributed by atoms with van der Waals surface area (Å²) in [5.41, 5.74) is 9.36. The first kappa shape index (κ1) is 20.4. The fourth-order valence-corrected chi connectivity index (χ4v) is 2.80. The number of ether oxygens (including phenoxy) is 1. The maximum Gasteiger partial charge on any atom is 0.315 e. The SMILES string of the molecule is NC1=NN=C(CNC(=O)CC(=O)OCC2CCCN2)C1=NNc1cccc(F)c1. The van der Waals surface area contributed by atoms with Crippen LogP contribution in [0.2, 0.25) is 0 Å². The zero-order valence-electron chi connectivity index (χ0n) is 15.7. The van der Waals surface area contributed by atoms with E-state index in [9.17, 15) is 14.0 Å². The summed E-state index contributed by atoms with van der Waals surface area (Å²) < 4.78 is 18.3. The number of rotatable bonds is 8. The molecular weight excluding hydrogens is 381 g/mol. The molecule has 29 heavy (non-hydrogen) atoms. The van der Waals surface area contributed by atoms with Crippen LogP contribution in [0.15, 0.2) is 39.6 Å².